The number of nitrogens with zero attached hydrogens (tertiary/aromatic N) is 1. The second kappa shape index (κ2) is 8.43. The van der Waals surface area contributed by atoms with Crippen LogP contribution >= 0.6 is 23.2 Å². The van der Waals surface area contributed by atoms with E-state index >= 15 is 0 Å². The maximum Gasteiger partial charge on any atom is 0.341 e. The van der Waals surface area contributed by atoms with Crippen molar-refractivity contribution in [3.63, 3.8) is 0 Å². The number of hydrogen-bond donors (Lipinski definition) is 1. The molecule has 0 radical (unpaired) electrons. The molecule has 7 heteroatoms. The molecule has 0 unspecified atom stereocenters. The van der Waals surface area contributed by atoms with Gasteiger partial charge in [0.25, 0.3) is 0 Å². The fourth-order valence-corrected chi connectivity index (χ4v) is 2.59. The van der Waals surface area contributed by atoms with Gasteiger partial charge in [0.2, 0.25) is 0 Å². The Morgan fingerprint density at radius 3 is 2.60 bits per heavy atom. The van der Waals surface area contributed by atoms with Gasteiger partial charge < -0.3 is 14.6 Å². The predicted octanol–water partition coefficient (Wildman–Crippen LogP) is 4.53. The van der Waals surface area contributed by atoms with Crippen LogP contribution in [0.15, 0.2) is 36.4 Å². The van der Waals surface area contributed by atoms with E-state index in [1.807, 2.05) is 0 Å². The second-order valence-corrected chi connectivity index (χ2v) is 5.73. The van der Waals surface area contributed by atoms with Crippen molar-refractivity contribution >= 4 is 40.8 Å². The van der Waals surface area contributed by atoms with Gasteiger partial charge >= 0.3 is 5.97 Å². The molecule has 0 fully saturated rings. The number of allylic oxidation sites excluding steroid dienone is 1. The van der Waals surface area contributed by atoms with E-state index in [1.54, 1.807) is 42.5 Å². The highest BCUT2D eigenvalue weighted by molar-refractivity contribution is 6.36. The zero-order valence-electron chi connectivity index (χ0n) is 13.1. The second-order valence-electron chi connectivity index (χ2n) is 4.89. The lowest BCUT2D eigenvalue weighted by Gasteiger charge is -2.10. The van der Waals surface area contributed by atoms with Gasteiger partial charge in [-0.2, -0.15) is 5.26 Å². The van der Waals surface area contributed by atoms with E-state index in [2.05, 4.69) is 6.07 Å². The minimum atomic E-state index is -1.09. The summed E-state index contributed by atoms with van der Waals surface area (Å²) in [6.45, 7) is -0.477. The molecule has 2 aromatic rings. The molecule has 0 amide bonds. The van der Waals surface area contributed by atoms with E-state index < -0.39 is 12.6 Å². The number of halogens is 2. The maximum absolute atomic E-state index is 10.6. The number of benzene rings is 2. The summed E-state index contributed by atoms with van der Waals surface area (Å²) >= 11 is 12.0. The number of nitriles is 1. The van der Waals surface area contributed by atoms with Gasteiger partial charge in [-0.15, -0.1) is 0 Å². The molecule has 0 aromatic heterocycles. The van der Waals surface area contributed by atoms with Crippen LogP contribution in [0.4, 0.5) is 0 Å². The Morgan fingerprint density at radius 2 is 2.00 bits per heavy atom. The van der Waals surface area contributed by atoms with Gasteiger partial charge in [-0.1, -0.05) is 35.3 Å². The predicted molar refractivity (Wildman–Crippen MR) is 96.1 cm³/mol. The number of carboxylic acids is 1. The van der Waals surface area contributed by atoms with Crippen LogP contribution < -0.4 is 9.47 Å². The molecule has 5 nitrogen and oxygen atoms in total. The summed E-state index contributed by atoms with van der Waals surface area (Å²) in [5.74, 6) is -0.435. The number of carboxylic acid groups (broad SMARTS) is 1. The van der Waals surface area contributed by atoms with Crippen LogP contribution in [0.1, 0.15) is 11.1 Å². The third-order valence-corrected chi connectivity index (χ3v) is 3.74. The molecule has 0 bridgehead atoms. The van der Waals surface area contributed by atoms with Crippen LogP contribution in [-0.2, 0) is 4.79 Å². The van der Waals surface area contributed by atoms with Crippen molar-refractivity contribution in [2.75, 3.05) is 13.7 Å². The molecule has 1 N–H and O–H groups in total. The maximum atomic E-state index is 10.6. The van der Waals surface area contributed by atoms with Crippen LogP contribution in [0.25, 0.3) is 11.6 Å². The summed E-state index contributed by atoms with van der Waals surface area (Å²) in [6, 6.07) is 11.9. The van der Waals surface area contributed by atoms with Gasteiger partial charge in [0, 0.05) is 10.6 Å². The highest BCUT2D eigenvalue weighted by Gasteiger charge is 2.10. The number of methoxy groups -OCH3 is 1. The third kappa shape index (κ3) is 4.90. The Balaban J connectivity index is 2.38. The summed E-state index contributed by atoms with van der Waals surface area (Å²) in [7, 11) is 1.44. The van der Waals surface area contributed by atoms with Gasteiger partial charge in [0.15, 0.2) is 18.1 Å². The zero-order chi connectivity index (χ0) is 18.4. The number of rotatable bonds is 6. The highest BCUT2D eigenvalue weighted by atomic mass is 35.5. The Labute approximate surface area is 154 Å². The molecule has 0 aliphatic heterocycles. The topological polar surface area (TPSA) is 79.5 Å². The fourth-order valence-electron chi connectivity index (χ4n) is 2.08. The van der Waals surface area contributed by atoms with Crippen molar-refractivity contribution < 1.29 is 19.4 Å². The zero-order valence-corrected chi connectivity index (χ0v) is 14.6. The average molecular weight is 378 g/mol. The van der Waals surface area contributed by atoms with Crippen molar-refractivity contribution in [3.05, 3.63) is 57.6 Å². The smallest absolute Gasteiger partial charge is 0.341 e. The van der Waals surface area contributed by atoms with E-state index in [9.17, 15) is 10.1 Å². The molecule has 0 heterocycles. The Bertz CT molecular complexity index is 872. The summed E-state index contributed by atoms with van der Waals surface area (Å²) < 4.78 is 10.4. The van der Waals surface area contributed by atoms with E-state index in [4.69, 9.17) is 37.8 Å². The lowest BCUT2D eigenvalue weighted by atomic mass is 10.0. The summed E-state index contributed by atoms with van der Waals surface area (Å²) in [5.41, 5.74) is 1.57. The van der Waals surface area contributed by atoms with Crippen LogP contribution in [0.3, 0.4) is 0 Å². The monoisotopic (exact) mass is 377 g/mol. The molecule has 0 spiro atoms. The van der Waals surface area contributed by atoms with Crippen molar-refractivity contribution in [1.82, 2.24) is 0 Å². The van der Waals surface area contributed by atoms with Gasteiger partial charge in [0.1, 0.15) is 0 Å². The fraction of sp³-hybridized carbons (Fsp3) is 0.111. The molecule has 0 aliphatic carbocycles. The first-order valence-corrected chi connectivity index (χ1v) is 7.80. The van der Waals surface area contributed by atoms with Crippen molar-refractivity contribution in [3.8, 4) is 17.6 Å². The van der Waals surface area contributed by atoms with Gasteiger partial charge in [0.05, 0.1) is 23.8 Å². The van der Waals surface area contributed by atoms with Crippen LogP contribution in [0, 0.1) is 11.3 Å². The Morgan fingerprint density at radius 1 is 1.24 bits per heavy atom. The lowest BCUT2D eigenvalue weighted by molar-refractivity contribution is -0.139. The first-order chi connectivity index (χ1) is 11.9. The molecule has 25 heavy (non-hydrogen) atoms. The first-order valence-electron chi connectivity index (χ1n) is 7.04. The first kappa shape index (κ1) is 18.7. The molecule has 0 aliphatic rings. The minimum absolute atomic E-state index is 0.296. The normalized spacial score (nSPS) is 10.9. The van der Waals surface area contributed by atoms with E-state index in [1.165, 1.54) is 7.11 Å². The van der Waals surface area contributed by atoms with Crippen LogP contribution in [0.2, 0.25) is 10.0 Å². The third-order valence-electron chi connectivity index (χ3n) is 3.19. The summed E-state index contributed by atoms with van der Waals surface area (Å²) in [5, 5.41) is 19.0. The van der Waals surface area contributed by atoms with Crippen molar-refractivity contribution in [1.29, 1.82) is 5.26 Å². The molecule has 0 atom stereocenters. The number of hydrogen-bond acceptors (Lipinski definition) is 4. The van der Waals surface area contributed by atoms with Crippen LogP contribution in [-0.4, -0.2) is 24.8 Å². The largest absolute Gasteiger partial charge is 0.493 e. The van der Waals surface area contributed by atoms with E-state index in [0.717, 1.165) is 0 Å². The molecule has 2 aromatic carbocycles. The molecular formula is C18H13Cl2NO4. The number of ether oxygens (including phenoxy) is 2. The molecular weight excluding hydrogens is 365 g/mol. The van der Waals surface area contributed by atoms with E-state index in [-0.39, 0.29) is 0 Å². The summed E-state index contributed by atoms with van der Waals surface area (Å²) in [6.07, 6.45) is 1.64. The average Bonchev–Trinajstić information content (AvgIpc) is 2.58. The molecule has 0 saturated heterocycles. The minimum Gasteiger partial charge on any atom is -0.493 e. The standard InChI is InChI=1S/C18H13Cl2NO4/c1-24-17-7-11(2-5-16(17)25-10-18(22)23)6-12(9-21)14-4-3-13(19)8-15(14)20/h2-8H,10H2,1H3,(H,22,23)/b12-6+. The summed E-state index contributed by atoms with van der Waals surface area (Å²) in [4.78, 5) is 10.6. The van der Waals surface area contributed by atoms with E-state index in [0.29, 0.717) is 38.2 Å². The van der Waals surface area contributed by atoms with Crippen LogP contribution in [0.5, 0.6) is 11.5 Å². The quantitative estimate of drug-likeness (QED) is 0.590. The van der Waals surface area contributed by atoms with Crippen molar-refractivity contribution in [2.24, 2.45) is 0 Å². The van der Waals surface area contributed by atoms with Gasteiger partial charge in [-0.3, -0.25) is 0 Å². The van der Waals surface area contributed by atoms with Gasteiger partial charge in [-0.05, 0) is 35.9 Å². The number of aliphatic carboxylic acids is 1. The lowest BCUT2D eigenvalue weighted by Crippen LogP contribution is -2.10. The molecule has 2 rings (SSSR count). The number of carbonyl (C=O) groups is 1. The van der Waals surface area contributed by atoms with Gasteiger partial charge in [-0.25, -0.2) is 4.79 Å². The van der Waals surface area contributed by atoms with Crippen molar-refractivity contribution in [2.45, 2.75) is 0 Å². The Kier molecular flexibility index (Phi) is 6.29. The SMILES string of the molecule is COc1cc(/C=C(\C#N)c2ccc(Cl)cc2Cl)ccc1OCC(=O)O. The molecule has 128 valence electrons. The molecule has 0 saturated carbocycles. The highest BCUT2D eigenvalue weighted by Crippen LogP contribution is 2.31. The Hall–Kier alpha value is -2.68.